The molecule has 0 saturated carbocycles. The molecular weight excluding hydrogens is 232 g/mol. The Labute approximate surface area is 89.2 Å². The second-order valence-corrected chi connectivity index (χ2v) is 2.76. The van der Waals surface area contributed by atoms with Crippen LogP contribution in [-0.2, 0) is 22.1 Å². The third-order valence-corrected chi connectivity index (χ3v) is 1.83. The van der Waals surface area contributed by atoms with Gasteiger partial charge in [-0.05, 0) is 12.5 Å². The van der Waals surface area contributed by atoms with Crippen molar-refractivity contribution < 1.29 is 39.3 Å². The molecule has 0 aromatic rings. The summed E-state index contributed by atoms with van der Waals surface area (Å²) in [5.74, 6) is -1.52. The topological polar surface area (TPSA) is 145 Å². The zero-order chi connectivity index (χ0) is 12.2. The van der Waals surface area contributed by atoms with Crippen molar-refractivity contribution in [3.8, 4) is 0 Å². The van der Waals surface area contributed by atoms with Crippen molar-refractivity contribution in [3.05, 3.63) is 0 Å². The number of carboxylic acids is 1. The first-order chi connectivity index (χ1) is 6.95. The maximum Gasteiger partial charge on any atom is 0.335 e. The molecule has 0 amide bonds. The molecule has 1 fully saturated rings. The fourth-order valence-corrected chi connectivity index (χ4v) is 1.07. The van der Waals surface area contributed by atoms with E-state index in [-0.39, 0.29) is 0 Å². The van der Waals surface area contributed by atoms with E-state index in [1.807, 2.05) is 0 Å². The molecule has 0 radical (unpaired) electrons. The van der Waals surface area contributed by atoms with E-state index >= 15 is 0 Å². The number of carboxylic acid groups (broad SMARTS) is 1. The molecule has 8 nitrogen and oxygen atoms in total. The molecule has 5 atom stereocenters. The monoisotopic (exact) mass is 244 g/mol. The molecule has 15 heavy (non-hydrogen) atoms. The van der Waals surface area contributed by atoms with Crippen molar-refractivity contribution in [3.63, 3.8) is 0 Å². The average Bonchev–Trinajstić information content (AvgIpc) is 2.23. The zero-order valence-corrected chi connectivity index (χ0v) is 8.35. The molecule has 0 spiro atoms. The Balaban J connectivity index is 0.000000921. The molecule has 1 rings (SSSR count). The minimum absolute atomic E-state index is 1.52. The van der Waals surface area contributed by atoms with Crippen LogP contribution < -0.4 is 0 Å². The highest BCUT2D eigenvalue weighted by Gasteiger charge is 2.46. The highest BCUT2D eigenvalue weighted by Crippen LogP contribution is 2.19. The smallest absolute Gasteiger partial charge is 0.335 e. The standard InChI is InChI=1S/C6H10O7.H2OS/c7-1-2(8)4(5(10)11)13-6(12)3(1)9;1-2/h1-4,6-9,12H,(H,10,11);2H2/t1-,2-,3+,4-,6?;/m0./s1. The van der Waals surface area contributed by atoms with Gasteiger partial charge in [0, 0.05) is 0 Å². The van der Waals surface area contributed by atoms with Crippen LogP contribution in [0.5, 0.6) is 0 Å². The lowest BCUT2D eigenvalue weighted by Gasteiger charge is -2.36. The molecule has 90 valence electrons. The highest BCUT2D eigenvalue weighted by atomic mass is 32.1. The maximum atomic E-state index is 10.4. The van der Waals surface area contributed by atoms with Gasteiger partial charge in [-0.15, -0.1) is 0 Å². The van der Waals surface area contributed by atoms with Gasteiger partial charge in [-0.1, -0.05) is 0 Å². The molecule has 0 aromatic heterocycles. The molecule has 0 bridgehead atoms. The predicted molar refractivity (Wildman–Crippen MR) is 47.5 cm³/mol. The molecule has 1 unspecified atom stereocenters. The minimum Gasteiger partial charge on any atom is -0.479 e. The van der Waals surface area contributed by atoms with Crippen LogP contribution in [0.1, 0.15) is 0 Å². The molecule has 1 aliphatic rings. The molecule has 9 heteroatoms. The van der Waals surface area contributed by atoms with E-state index in [0.29, 0.717) is 0 Å². The van der Waals surface area contributed by atoms with Gasteiger partial charge in [-0.25, -0.2) is 4.79 Å². The Hall–Kier alpha value is -0.580. The summed E-state index contributed by atoms with van der Waals surface area (Å²) >= 11 is 1.72. The van der Waals surface area contributed by atoms with E-state index in [1.165, 1.54) is 0 Å². The SMILES string of the molecule is O=C(O)[C@H]1OC(O)[C@H](O)[C@@H](O)[C@@H]1O.O=[SH2]. The van der Waals surface area contributed by atoms with E-state index in [9.17, 15) is 4.79 Å². The van der Waals surface area contributed by atoms with Gasteiger partial charge in [0.15, 0.2) is 12.4 Å². The van der Waals surface area contributed by atoms with Crippen LogP contribution in [0.25, 0.3) is 0 Å². The summed E-state index contributed by atoms with van der Waals surface area (Å²) in [6, 6.07) is 0. The minimum atomic E-state index is -1.81. The van der Waals surface area contributed by atoms with Gasteiger partial charge in [0.05, 0.1) is 0 Å². The molecule has 5 N–H and O–H groups in total. The normalized spacial score (nSPS) is 40.2. The van der Waals surface area contributed by atoms with Crippen LogP contribution >= 0.6 is 0 Å². The number of aliphatic carboxylic acids is 1. The molecule has 1 heterocycles. The van der Waals surface area contributed by atoms with Gasteiger partial charge in [-0.2, -0.15) is 0 Å². The Morgan fingerprint density at radius 2 is 1.47 bits per heavy atom. The van der Waals surface area contributed by atoms with Gasteiger partial charge in [-0.3, -0.25) is 4.21 Å². The highest BCUT2D eigenvalue weighted by molar-refractivity contribution is 7.44. The summed E-state index contributed by atoms with van der Waals surface area (Å²) in [5, 5.41) is 44.4. The third kappa shape index (κ3) is 3.19. The first-order valence-corrected chi connectivity index (χ1v) is 4.17. The molecular formula is C6H12O8S. The van der Waals surface area contributed by atoms with Crippen molar-refractivity contribution in [2.24, 2.45) is 0 Å². The second-order valence-electron chi connectivity index (χ2n) is 2.76. The van der Waals surface area contributed by atoms with Crippen molar-refractivity contribution in [1.82, 2.24) is 0 Å². The number of aliphatic hydroxyl groups excluding tert-OH is 4. The summed E-state index contributed by atoms with van der Waals surface area (Å²) in [6.07, 6.45) is -8.72. The van der Waals surface area contributed by atoms with E-state index in [0.717, 1.165) is 0 Å². The lowest BCUT2D eigenvalue weighted by atomic mass is 9.99. The fraction of sp³-hybridized carbons (Fsp3) is 0.833. The van der Waals surface area contributed by atoms with Gasteiger partial charge in [0.25, 0.3) is 0 Å². The first-order valence-electron chi connectivity index (χ1n) is 3.76. The van der Waals surface area contributed by atoms with Crippen LogP contribution in [-0.4, -0.2) is 66.4 Å². The van der Waals surface area contributed by atoms with Crippen LogP contribution in [0.4, 0.5) is 0 Å². The summed E-state index contributed by atoms with van der Waals surface area (Å²) in [4.78, 5) is 10.4. The van der Waals surface area contributed by atoms with Gasteiger partial charge in [0.1, 0.15) is 18.3 Å². The van der Waals surface area contributed by atoms with Gasteiger partial charge >= 0.3 is 5.97 Å². The van der Waals surface area contributed by atoms with Crippen LogP contribution in [0.15, 0.2) is 0 Å². The summed E-state index contributed by atoms with van der Waals surface area (Å²) in [5.41, 5.74) is 0. The Morgan fingerprint density at radius 1 is 1.00 bits per heavy atom. The van der Waals surface area contributed by atoms with Crippen LogP contribution in [0, 0.1) is 0 Å². The van der Waals surface area contributed by atoms with Crippen molar-refractivity contribution >= 4 is 18.5 Å². The van der Waals surface area contributed by atoms with Crippen molar-refractivity contribution in [2.45, 2.75) is 30.7 Å². The number of ether oxygens (including phenoxy) is 1. The predicted octanol–water partition coefficient (Wildman–Crippen LogP) is -4.00. The summed E-state index contributed by atoms with van der Waals surface area (Å²) < 4.78 is 12.4. The lowest BCUT2D eigenvalue weighted by molar-refractivity contribution is -0.279. The van der Waals surface area contributed by atoms with E-state index < -0.39 is 36.7 Å². The van der Waals surface area contributed by atoms with Crippen LogP contribution in [0.2, 0.25) is 0 Å². The number of hydrogen-bond acceptors (Lipinski definition) is 7. The number of aliphatic hydroxyl groups is 4. The number of carbonyl (C=O) groups is 1. The largest absolute Gasteiger partial charge is 0.479 e. The van der Waals surface area contributed by atoms with Gasteiger partial charge in [0.2, 0.25) is 0 Å². The summed E-state index contributed by atoms with van der Waals surface area (Å²) in [6.45, 7) is 0. The summed E-state index contributed by atoms with van der Waals surface area (Å²) in [7, 11) is 0. The lowest BCUT2D eigenvalue weighted by Crippen LogP contribution is -2.59. The third-order valence-electron chi connectivity index (χ3n) is 1.83. The number of hydrogen-bond donors (Lipinski definition) is 5. The Bertz CT molecular complexity index is 223. The number of rotatable bonds is 1. The second kappa shape index (κ2) is 6.10. The average molecular weight is 244 g/mol. The molecule has 0 aromatic carbocycles. The Morgan fingerprint density at radius 3 is 1.87 bits per heavy atom. The zero-order valence-electron chi connectivity index (χ0n) is 7.35. The molecule has 0 aliphatic carbocycles. The Kier molecular flexibility index (Phi) is 5.87. The van der Waals surface area contributed by atoms with E-state index in [4.69, 9.17) is 29.7 Å². The quantitative estimate of drug-likeness (QED) is 0.314. The van der Waals surface area contributed by atoms with Crippen LogP contribution in [0.3, 0.4) is 0 Å². The van der Waals surface area contributed by atoms with Crippen molar-refractivity contribution in [1.29, 1.82) is 0 Å². The van der Waals surface area contributed by atoms with E-state index in [2.05, 4.69) is 4.74 Å². The molecule has 1 aliphatic heterocycles. The van der Waals surface area contributed by atoms with E-state index in [1.54, 1.807) is 12.5 Å². The maximum absolute atomic E-state index is 10.4. The fourth-order valence-electron chi connectivity index (χ4n) is 1.07. The van der Waals surface area contributed by atoms with Gasteiger partial charge < -0.3 is 30.3 Å². The first kappa shape index (κ1) is 14.4. The van der Waals surface area contributed by atoms with Crippen molar-refractivity contribution in [2.75, 3.05) is 0 Å². The molecule has 1 saturated heterocycles.